The Hall–Kier alpha value is -2.07. The van der Waals surface area contributed by atoms with E-state index in [4.69, 9.17) is 9.47 Å². The van der Waals surface area contributed by atoms with Crippen LogP contribution in [0.15, 0.2) is 42.5 Å². The average Bonchev–Trinajstić information content (AvgIpc) is 2.62. The van der Waals surface area contributed by atoms with Crippen LogP contribution in [0.3, 0.4) is 0 Å². The highest BCUT2D eigenvalue weighted by molar-refractivity contribution is 5.58. The summed E-state index contributed by atoms with van der Waals surface area (Å²) in [5.41, 5.74) is 3.04. The highest BCUT2D eigenvalue weighted by atomic mass is 19.1. The molecule has 1 saturated heterocycles. The normalized spacial score (nSPS) is 25.3. The Balaban J connectivity index is 1.78. The Morgan fingerprint density at radius 1 is 1.21 bits per heavy atom. The van der Waals surface area contributed by atoms with Crippen LogP contribution in [-0.2, 0) is 4.74 Å². The van der Waals surface area contributed by atoms with Gasteiger partial charge in [-0.05, 0) is 44.0 Å². The van der Waals surface area contributed by atoms with Crippen molar-refractivity contribution < 1.29 is 13.9 Å². The van der Waals surface area contributed by atoms with Crippen LogP contribution in [0.4, 0.5) is 10.1 Å². The molecule has 1 N–H and O–H groups in total. The van der Waals surface area contributed by atoms with Crippen LogP contribution in [-0.4, -0.2) is 13.2 Å². The Morgan fingerprint density at radius 3 is 2.96 bits per heavy atom. The highest BCUT2D eigenvalue weighted by Crippen LogP contribution is 2.50. The minimum Gasteiger partial charge on any atom is -0.494 e. The molecule has 0 aliphatic carbocycles. The van der Waals surface area contributed by atoms with Crippen molar-refractivity contribution in [1.82, 2.24) is 0 Å². The molecule has 2 aliphatic heterocycles. The molecule has 0 aromatic heterocycles. The predicted molar refractivity (Wildman–Crippen MR) is 91.8 cm³/mol. The van der Waals surface area contributed by atoms with Crippen LogP contribution in [0.2, 0.25) is 0 Å². The molecule has 3 nitrogen and oxygen atoms in total. The molecule has 3 atom stereocenters. The molecule has 0 spiro atoms. The molecular formula is C20H22FNO2. The van der Waals surface area contributed by atoms with Gasteiger partial charge in [0.1, 0.15) is 11.6 Å². The van der Waals surface area contributed by atoms with Gasteiger partial charge in [-0.2, -0.15) is 0 Å². The fourth-order valence-electron chi connectivity index (χ4n) is 3.97. The third-order valence-corrected chi connectivity index (χ3v) is 4.98. The first-order valence-corrected chi connectivity index (χ1v) is 8.67. The lowest BCUT2D eigenvalue weighted by Gasteiger charge is -2.43. The maximum atomic E-state index is 13.7. The number of para-hydroxylation sites is 1. The highest BCUT2D eigenvalue weighted by Gasteiger charge is 2.40. The van der Waals surface area contributed by atoms with Crippen molar-refractivity contribution in [1.29, 1.82) is 0 Å². The molecule has 24 heavy (non-hydrogen) atoms. The molecule has 0 amide bonds. The SMILES string of the molecule is CCOc1ccccc1C1Nc2ccc(F)cc2C2OCCCC12. The second-order valence-electron chi connectivity index (χ2n) is 6.42. The van der Waals surface area contributed by atoms with Gasteiger partial charge in [0.25, 0.3) is 0 Å². The van der Waals surface area contributed by atoms with Gasteiger partial charge < -0.3 is 14.8 Å². The minimum absolute atomic E-state index is 0.0645. The van der Waals surface area contributed by atoms with E-state index in [0.29, 0.717) is 6.61 Å². The fraction of sp³-hybridized carbons (Fsp3) is 0.400. The van der Waals surface area contributed by atoms with E-state index in [1.165, 1.54) is 6.07 Å². The minimum atomic E-state index is -0.211. The fourth-order valence-corrected chi connectivity index (χ4v) is 3.97. The van der Waals surface area contributed by atoms with Crippen LogP contribution < -0.4 is 10.1 Å². The summed E-state index contributed by atoms with van der Waals surface area (Å²) in [5, 5.41) is 3.61. The molecule has 1 fully saturated rings. The summed E-state index contributed by atoms with van der Waals surface area (Å²) in [7, 11) is 0. The number of halogens is 1. The molecule has 0 saturated carbocycles. The van der Waals surface area contributed by atoms with Gasteiger partial charge in [-0.25, -0.2) is 4.39 Å². The van der Waals surface area contributed by atoms with E-state index in [1.54, 1.807) is 6.07 Å². The molecule has 4 heteroatoms. The Bertz CT molecular complexity index is 733. The standard InChI is InChI=1S/C20H22FNO2/c1-2-23-18-8-4-3-6-14(18)19-15-7-5-11-24-20(15)16-12-13(21)9-10-17(16)22-19/h3-4,6,8-10,12,15,19-20,22H,2,5,7,11H2,1H3. The molecule has 0 bridgehead atoms. The summed E-state index contributed by atoms with van der Waals surface area (Å²) in [5.74, 6) is 0.971. The first-order chi connectivity index (χ1) is 11.8. The van der Waals surface area contributed by atoms with E-state index in [2.05, 4.69) is 11.4 Å². The second kappa shape index (κ2) is 6.44. The van der Waals surface area contributed by atoms with Gasteiger partial charge in [0.2, 0.25) is 0 Å². The second-order valence-corrected chi connectivity index (χ2v) is 6.42. The summed E-state index contributed by atoms with van der Waals surface area (Å²) in [6, 6.07) is 13.2. The number of anilines is 1. The molecule has 3 unspecified atom stereocenters. The van der Waals surface area contributed by atoms with Crippen LogP contribution in [0.25, 0.3) is 0 Å². The van der Waals surface area contributed by atoms with E-state index >= 15 is 0 Å². The van der Waals surface area contributed by atoms with Crippen molar-refractivity contribution in [2.45, 2.75) is 31.9 Å². The molecule has 2 aromatic rings. The number of rotatable bonds is 3. The summed E-state index contributed by atoms with van der Waals surface area (Å²) in [6.45, 7) is 3.36. The summed E-state index contributed by atoms with van der Waals surface area (Å²) < 4.78 is 25.6. The van der Waals surface area contributed by atoms with Crippen LogP contribution >= 0.6 is 0 Å². The first-order valence-electron chi connectivity index (χ1n) is 8.67. The molecule has 126 valence electrons. The smallest absolute Gasteiger partial charge is 0.124 e. The van der Waals surface area contributed by atoms with Gasteiger partial charge in [-0.1, -0.05) is 18.2 Å². The quantitative estimate of drug-likeness (QED) is 0.873. The Labute approximate surface area is 141 Å². The average molecular weight is 327 g/mol. The zero-order chi connectivity index (χ0) is 16.5. The maximum absolute atomic E-state index is 13.7. The summed E-state index contributed by atoms with van der Waals surface area (Å²) >= 11 is 0. The van der Waals surface area contributed by atoms with Crippen molar-refractivity contribution in [2.24, 2.45) is 5.92 Å². The molecule has 4 rings (SSSR count). The molecule has 0 radical (unpaired) electrons. The number of fused-ring (bicyclic) bond motifs is 3. The zero-order valence-corrected chi connectivity index (χ0v) is 13.8. The summed E-state index contributed by atoms with van der Waals surface area (Å²) in [6.07, 6.45) is 2.02. The zero-order valence-electron chi connectivity index (χ0n) is 13.8. The number of hydrogen-bond acceptors (Lipinski definition) is 3. The molecule has 2 heterocycles. The molecule has 2 aliphatic rings. The monoisotopic (exact) mass is 327 g/mol. The maximum Gasteiger partial charge on any atom is 0.124 e. The van der Waals surface area contributed by atoms with Crippen molar-refractivity contribution in [3.63, 3.8) is 0 Å². The van der Waals surface area contributed by atoms with Crippen LogP contribution in [0.1, 0.15) is 43.0 Å². The van der Waals surface area contributed by atoms with E-state index in [0.717, 1.165) is 42.0 Å². The lowest BCUT2D eigenvalue weighted by Crippen LogP contribution is -2.36. The van der Waals surface area contributed by atoms with Gasteiger partial charge in [0.15, 0.2) is 0 Å². The number of ether oxygens (including phenoxy) is 2. The van der Waals surface area contributed by atoms with Crippen molar-refractivity contribution in [3.8, 4) is 5.75 Å². The van der Waals surface area contributed by atoms with Crippen molar-refractivity contribution >= 4 is 5.69 Å². The van der Waals surface area contributed by atoms with E-state index in [9.17, 15) is 4.39 Å². The van der Waals surface area contributed by atoms with Crippen LogP contribution in [0, 0.1) is 11.7 Å². The molecular weight excluding hydrogens is 305 g/mol. The van der Waals surface area contributed by atoms with Gasteiger partial charge in [0, 0.05) is 29.3 Å². The number of hydrogen-bond donors (Lipinski definition) is 1. The predicted octanol–water partition coefficient (Wildman–Crippen LogP) is 4.86. The lowest BCUT2D eigenvalue weighted by molar-refractivity contribution is -0.0384. The van der Waals surface area contributed by atoms with Crippen molar-refractivity contribution in [3.05, 3.63) is 59.4 Å². The largest absolute Gasteiger partial charge is 0.494 e. The number of benzene rings is 2. The van der Waals surface area contributed by atoms with E-state index in [-0.39, 0.29) is 23.9 Å². The lowest BCUT2D eigenvalue weighted by atomic mass is 9.77. The van der Waals surface area contributed by atoms with Gasteiger partial charge in [0.05, 0.1) is 18.8 Å². The van der Waals surface area contributed by atoms with E-state index in [1.807, 2.05) is 31.2 Å². The first kappa shape index (κ1) is 15.5. The Morgan fingerprint density at radius 2 is 2.08 bits per heavy atom. The third-order valence-electron chi connectivity index (χ3n) is 4.98. The third kappa shape index (κ3) is 2.65. The number of nitrogens with one attached hydrogen (secondary N) is 1. The van der Waals surface area contributed by atoms with Crippen molar-refractivity contribution in [2.75, 3.05) is 18.5 Å². The van der Waals surface area contributed by atoms with Gasteiger partial charge >= 0.3 is 0 Å². The Kier molecular flexibility index (Phi) is 4.15. The summed E-state index contributed by atoms with van der Waals surface area (Å²) in [4.78, 5) is 0. The van der Waals surface area contributed by atoms with Gasteiger partial charge in [-0.3, -0.25) is 0 Å². The topological polar surface area (TPSA) is 30.5 Å². The van der Waals surface area contributed by atoms with Gasteiger partial charge in [-0.15, -0.1) is 0 Å². The van der Waals surface area contributed by atoms with Crippen LogP contribution in [0.5, 0.6) is 5.75 Å². The van der Waals surface area contributed by atoms with E-state index < -0.39 is 0 Å². The molecule has 2 aromatic carbocycles.